The van der Waals surface area contributed by atoms with Crippen molar-refractivity contribution < 1.29 is 17.9 Å². The zero-order valence-corrected chi connectivity index (χ0v) is 16.3. The molecule has 0 bridgehead atoms. The van der Waals surface area contributed by atoms with Gasteiger partial charge in [-0.1, -0.05) is 36.7 Å². The molecule has 0 spiro atoms. The fourth-order valence-corrected chi connectivity index (χ4v) is 4.03. The standard InChI is InChI=1S/C18H21ClN2O4S/c1-4-16(18(22)20-15-10-5-6-11-17(15)25-2)21(26(3,23)24)14-9-7-8-13(19)12-14/h5-12,16H,4H2,1-3H3,(H,20,22)/t16-/m0/s1. The van der Waals surface area contributed by atoms with Crippen molar-refractivity contribution in [3.05, 3.63) is 53.6 Å². The Morgan fingerprint density at radius 1 is 1.23 bits per heavy atom. The highest BCUT2D eigenvalue weighted by Gasteiger charge is 2.32. The molecule has 0 aliphatic rings. The third-order valence-electron chi connectivity index (χ3n) is 3.76. The maximum Gasteiger partial charge on any atom is 0.248 e. The summed E-state index contributed by atoms with van der Waals surface area (Å²) in [6, 6.07) is 12.4. The van der Waals surface area contributed by atoms with Gasteiger partial charge in [0.15, 0.2) is 0 Å². The summed E-state index contributed by atoms with van der Waals surface area (Å²) in [5, 5.41) is 3.13. The first-order chi connectivity index (χ1) is 12.3. The largest absolute Gasteiger partial charge is 0.495 e. The molecule has 0 saturated heterocycles. The molecule has 1 amide bonds. The molecule has 0 radical (unpaired) electrons. The van der Waals surface area contributed by atoms with Gasteiger partial charge < -0.3 is 10.1 Å². The number of carbonyl (C=O) groups is 1. The average molecular weight is 397 g/mol. The number of nitrogens with zero attached hydrogens (tertiary/aromatic N) is 1. The van der Waals surface area contributed by atoms with Gasteiger partial charge in [0, 0.05) is 5.02 Å². The number of methoxy groups -OCH3 is 1. The van der Waals surface area contributed by atoms with E-state index in [1.165, 1.54) is 13.2 Å². The van der Waals surface area contributed by atoms with Crippen LogP contribution >= 0.6 is 11.6 Å². The van der Waals surface area contributed by atoms with Crippen LogP contribution in [-0.4, -0.2) is 33.7 Å². The maximum atomic E-state index is 12.9. The monoisotopic (exact) mass is 396 g/mol. The Labute approximate surface area is 158 Å². The minimum atomic E-state index is -3.72. The molecule has 140 valence electrons. The minimum Gasteiger partial charge on any atom is -0.495 e. The molecular weight excluding hydrogens is 376 g/mol. The maximum absolute atomic E-state index is 12.9. The highest BCUT2D eigenvalue weighted by molar-refractivity contribution is 7.92. The van der Waals surface area contributed by atoms with Crippen molar-refractivity contribution >= 4 is 38.9 Å². The number of amides is 1. The lowest BCUT2D eigenvalue weighted by molar-refractivity contribution is -0.117. The van der Waals surface area contributed by atoms with E-state index < -0.39 is 22.0 Å². The summed E-state index contributed by atoms with van der Waals surface area (Å²) in [6.45, 7) is 1.75. The zero-order valence-electron chi connectivity index (χ0n) is 14.8. The SMILES string of the molecule is CC[C@@H](C(=O)Nc1ccccc1OC)N(c1cccc(Cl)c1)S(C)(=O)=O. The Kier molecular flexibility index (Phi) is 6.50. The second-order valence-corrected chi connectivity index (χ2v) is 7.95. The Morgan fingerprint density at radius 2 is 1.92 bits per heavy atom. The number of ether oxygens (including phenoxy) is 1. The summed E-state index contributed by atoms with van der Waals surface area (Å²) in [5.41, 5.74) is 0.806. The normalized spacial score (nSPS) is 12.3. The molecule has 0 aliphatic carbocycles. The Bertz CT molecular complexity index is 886. The van der Waals surface area contributed by atoms with Gasteiger partial charge in [0.2, 0.25) is 15.9 Å². The zero-order chi connectivity index (χ0) is 19.3. The van der Waals surface area contributed by atoms with E-state index in [4.69, 9.17) is 16.3 Å². The highest BCUT2D eigenvalue weighted by Crippen LogP contribution is 2.28. The van der Waals surface area contributed by atoms with Gasteiger partial charge in [-0.25, -0.2) is 8.42 Å². The number of rotatable bonds is 7. The molecule has 6 nitrogen and oxygen atoms in total. The molecule has 2 rings (SSSR count). The van der Waals surface area contributed by atoms with Crippen LogP contribution in [0.3, 0.4) is 0 Å². The molecule has 1 atom stereocenters. The number of carbonyl (C=O) groups excluding carboxylic acids is 1. The first-order valence-corrected chi connectivity index (χ1v) is 10.2. The van der Waals surface area contributed by atoms with Crippen molar-refractivity contribution in [3.63, 3.8) is 0 Å². The van der Waals surface area contributed by atoms with Crippen molar-refractivity contribution in [1.82, 2.24) is 0 Å². The number of sulfonamides is 1. The summed E-state index contributed by atoms with van der Waals surface area (Å²) in [4.78, 5) is 12.9. The predicted molar refractivity (Wildman–Crippen MR) is 104 cm³/mol. The van der Waals surface area contributed by atoms with Gasteiger partial charge in [-0.15, -0.1) is 0 Å². The van der Waals surface area contributed by atoms with Crippen LogP contribution in [0, 0.1) is 0 Å². The summed E-state index contributed by atoms with van der Waals surface area (Å²) in [5.74, 6) is 0.0340. The van der Waals surface area contributed by atoms with E-state index >= 15 is 0 Å². The second kappa shape index (κ2) is 8.42. The van der Waals surface area contributed by atoms with E-state index in [-0.39, 0.29) is 6.42 Å². The molecule has 2 aromatic rings. The molecule has 26 heavy (non-hydrogen) atoms. The fraction of sp³-hybridized carbons (Fsp3) is 0.278. The topological polar surface area (TPSA) is 75.7 Å². The minimum absolute atomic E-state index is 0.278. The van der Waals surface area contributed by atoms with Crippen LogP contribution in [0.5, 0.6) is 5.75 Å². The summed E-state index contributed by atoms with van der Waals surface area (Å²) in [7, 11) is -2.22. The Balaban J connectivity index is 2.40. The molecule has 0 fully saturated rings. The van der Waals surface area contributed by atoms with Crippen LogP contribution in [0.4, 0.5) is 11.4 Å². The van der Waals surface area contributed by atoms with E-state index in [1.807, 2.05) is 0 Å². The number of nitrogens with one attached hydrogen (secondary N) is 1. The molecule has 1 N–H and O–H groups in total. The summed E-state index contributed by atoms with van der Waals surface area (Å²) >= 11 is 6.00. The van der Waals surface area contributed by atoms with E-state index in [0.29, 0.717) is 22.1 Å². The van der Waals surface area contributed by atoms with Gasteiger partial charge >= 0.3 is 0 Å². The first kappa shape index (κ1) is 20.1. The van der Waals surface area contributed by atoms with Crippen LogP contribution in [0.15, 0.2) is 48.5 Å². The number of anilines is 2. The molecule has 0 aromatic heterocycles. The molecule has 0 heterocycles. The van der Waals surface area contributed by atoms with Crippen LogP contribution in [0.25, 0.3) is 0 Å². The number of hydrogen-bond acceptors (Lipinski definition) is 4. The molecular formula is C18H21ClN2O4S. The van der Waals surface area contributed by atoms with E-state index in [0.717, 1.165) is 10.6 Å². The van der Waals surface area contributed by atoms with Gasteiger partial charge in [0.25, 0.3) is 0 Å². The van der Waals surface area contributed by atoms with Crippen LogP contribution in [0.1, 0.15) is 13.3 Å². The van der Waals surface area contributed by atoms with Crippen LogP contribution < -0.4 is 14.4 Å². The van der Waals surface area contributed by atoms with E-state index in [2.05, 4.69) is 5.32 Å². The third kappa shape index (κ3) is 4.68. The lowest BCUT2D eigenvalue weighted by Gasteiger charge is -2.30. The quantitative estimate of drug-likeness (QED) is 0.776. The molecule has 2 aromatic carbocycles. The fourth-order valence-electron chi connectivity index (χ4n) is 2.64. The van der Waals surface area contributed by atoms with E-state index in [1.54, 1.807) is 49.4 Å². The van der Waals surface area contributed by atoms with Gasteiger partial charge in [-0.3, -0.25) is 9.10 Å². The lowest BCUT2D eigenvalue weighted by atomic mass is 10.1. The second-order valence-electron chi connectivity index (χ2n) is 5.65. The Hall–Kier alpha value is -2.25. The lowest BCUT2D eigenvalue weighted by Crippen LogP contribution is -2.47. The summed E-state index contributed by atoms with van der Waals surface area (Å²) < 4.78 is 31.1. The predicted octanol–water partition coefficient (Wildman–Crippen LogP) is 3.53. The molecule has 0 saturated carbocycles. The van der Waals surface area contributed by atoms with Crippen molar-refractivity contribution in [2.45, 2.75) is 19.4 Å². The molecule has 0 aliphatic heterocycles. The number of para-hydroxylation sites is 2. The smallest absolute Gasteiger partial charge is 0.248 e. The van der Waals surface area contributed by atoms with E-state index in [9.17, 15) is 13.2 Å². The van der Waals surface area contributed by atoms with Crippen LogP contribution in [-0.2, 0) is 14.8 Å². The molecule has 8 heteroatoms. The van der Waals surface area contributed by atoms with Crippen molar-refractivity contribution in [1.29, 1.82) is 0 Å². The summed E-state index contributed by atoms with van der Waals surface area (Å²) in [6.07, 6.45) is 1.34. The number of halogens is 1. The van der Waals surface area contributed by atoms with Crippen molar-refractivity contribution in [3.8, 4) is 5.75 Å². The van der Waals surface area contributed by atoms with Gasteiger partial charge in [0.1, 0.15) is 11.8 Å². The van der Waals surface area contributed by atoms with Gasteiger partial charge in [-0.05, 0) is 36.8 Å². The van der Waals surface area contributed by atoms with Crippen LogP contribution in [0.2, 0.25) is 5.02 Å². The Morgan fingerprint density at radius 3 is 2.50 bits per heavy atom. The van der Waals surface area contributed by atoms with Crippen molar-refractivity contribution in [2.24, 2.45) is 0 Å². The first-order valence-electron chi connectivity index (χ1n) is 7.96. The van der Waals surface area contributed by atoms with Gasteiger partial charge in [-0.2, -0.15) is 0 Å². The average Bonchev–Trinajstić information content (AvgIpc) is 2.58. The number of hydrogen-bond donors (Lipinski definition) is 1. The third-order valence-corrected chi connectivity index (χ3v) is 5.17. The number of benzene rings is 2. The van der Waals surface area contributed by atoms with Crippen molar-refractivity contribution in [2.75, 3.05) is 23.0 Å². The molecule has 0 unspecified atom stereocenters. The highest BCUT2D eigenvalue weighted by atomic mass is 35.5. The van der Waals surface area contributed by atoms with Gasteiger partial charge in [0.05, 0.1) is 24.7 Å².